The van der Waals surface area contributed by atoms with Crippen molar-refractivity contribution in [3.63, 3.8) is 0 Å². The van der Waals surface area contributed by atoms with Crippen LogP contribution >= 0.6 is 0 Å². The van der Waals surface area contributed by atoms with Crippen LogP contribution in [0.2, 0.25) is 0 Å². The van der Waals surface area contributed by atoms with Crippen LogP contribution in [-0.2, 0) is 18.0 Å². The summed E-state index contributed by atoms with van der Waals surface area (Å²) in [6.07, 6.45) is 0. The van der Waals surface area contributed by atoms with Gasteiger partial charge in [-0.15, -0.1) is 0 Å². The Bertz CT molecular complexity index is 797. The third kappa shape index (κ3) is 2.65. The molecular formula is C18H18O6. The topological polar surface area (TPSA) is 74.2 Å². The van der Waals surface area contributed by atoms with E-state index < -0.39 is 5.97 Å². The fraction of sp³-hybridized carbons (Fsp3) is 0.278. The number of esters is 1. The van der Waals surface area contributed by atoms with Gasteiger partial charge in [-0.3, -0.25) is 0 Å². The van der Waals surface area contributed by atoms with Crippen molar-refractivity contribution in [1.29, 1.82) is 0 Å². The molecule has 6 heteroatoms. The third-order valence-electron chi connectivity index (χ3n) is 3.85. The smallest absolute Gasteiger partial charge is 0.346 e. The number of carbonyl (C=O) groups excluding carboxylic acids is 1. The lowest BCUT2D eigenvalue weighted by atomic mass is 10.1. The van der Waals surface area contributed by atoms with Crippen LogP contribution in [0.1, 0.15) is 27.0 Å². The van der Waals surface area contributed by atoms with Crippen LogP contribution in [0.3, 0.4) is 0 Å². The summed E-state index contributed by atoms with van der Waals surface area (Å²) in [6, 6.07) is 6.99. The average Bonchev–Trinajstić information content (AvgIpc) is 2.58. The Balaban J connectivity index is 2.21. The molecule has 0 radical (unpaired) electrons. The van der Waals surface area contributed by atoms with Crippen molar-refractivity contribution < 1.29 is 28.8 Å². The molecule has 24 heavy (non-hydrogen) atoms. The van der Waals surface area contributed by atoms with Gasteiger partial charge in [0.1, 0.15) is 23.7 Å². The number of cyclic esters (lactones) is 1. The summed E-state index contributed by atoms with van der Waals surface area (Å²) in [6.45, 7) is 1.72. The van der Waals surface area contributed by atoms with Crippen molar-refractivity contribution >= 4 is 5.97 Å². The van der Waals surface area contributed by atoms with Crippen molar-refractivity contribution in [3.8, 4) is 23.0 Å². The van der Waals surface area contributed by atoms with Crippen molar-refractivity contribution in [2.45, 2.75) is 20.1 Å². The predicted octanol–water partition coefficient (Wildman–Crippen LogP) is 2.97. The van der Waals surface area contributed by atoms with Gasteiger partial charge in [0, 0.05) is 11.1 Å². The monoisotopic (exact) mass is 330 g/mol. The van der Waals surface area contributed by atoms with E-state index in [0.717, 1.165) is 11.1 Å². The fourth-order valence-electron chi connectivity index (χ4n) is 2.76. The molecule has 6 nitrogen and oxygen atoms in total. The number of ether oxygens (including phenoxy) is 4. The Labute approximate surface area is 139 Å². The minimum absolute atomic E-state index is 0.0537. The molecule has 2 aromatic carbocycles. The molecule has 0 aliphatic carbocycles. The molecule has 3 rings (SSSR count). The Morgan fingerprint density at radius 1 is 1.21 bits per heavy atom. The molecule has 0 spiro atoms. The number of aliphatic hydroxyl groups excluding tert-OH is 1. The Morgan fingerprint density at radius 3 is 2.67 bits per heavy atom. The SMILES string of the molecule is COc1cc(C)cc2c1Oc1ccc(CO)c(OC)c1C(=O)OC2. The highest BCUT2D eigenvalue weighted by Crippen LogP contribution is 2.42. The first-order valence-electron chi connectivity index (χ1n) is 7.42. The summed E-state index contributed by atoms with van der Waals surface area (Å²) >= 11 is 0. The van der Waals surface area contributed by atoms with E-state index in [4.69, 9.17) is 18.9 Å². The normalized spacial score (nSPS) is 12.9. The number of aliphatic hydroxyl groups is 1. The maximum absolute atomic E-state index is 12.5. The van der Waals surface area contributed by atoms with Gasteiger partial charge in [0.25, 0.3) is 0 Å². The number of carbonyl (C=O) groups is 1. The van der Waals surface area contributed by atoms with Crippen LogP contribution in [-0.4, -0.2) is 25.3 Å². The molecule has 126 valence electrons. The van der Waals surface area contributed by atoms with Crippen molar-refractivity contribution in [1.82, 2.24) is 0 Å². The van der Waals surface area contributed by atoms with E-state index in [0.29, 0.717) is 17.1 Å². The van der Waals surface area contributed by atoms with Crippen molar-refractivity contribution in [2.75, 3.05) is 14.2 Å². The summed E-state index contributed by atoms with van der Waals surface area (Å²) < 4.78 is 22.1. The number of hydrogen-bond acceptors (Lipinski definition) is 6. The molecule has 0 saturated heterocycles. The number of fused-ring (bicyclic) bond motifs is 2. The summed E-state index contributed by atoms with van der Waals surface area (Å²) in [5.41, 5.74) is 2.32. The zero-order valence-corrected chi connectivity index (χ0v) is 13.7. The van der Waals surface area contributed by atoms with Crippen LogP contribution < -0.4 is 14.2 Å². The highest BCUT2D eigenvalue weighted by Gasteiger charge is 2.28. The standard InChI is InChI=1S/C18H18O6/c1-10-6-12-9-23-18(20)15-13(24-16(12)14(7-10)21-2)5-4-11(8-19)17(15)22-3/h4-7,19H,8-9H2,1-3H3. The molecule has 0 saturated carbocycles. The number of rotatable bonds is 3. The van der Waals surface area contributed by atoms with Gasteiger partial charge in [0.05, 0.1) is 20.8 Å². The summed E-state index contributed by atoms with van der Waals surface area (Å²) in [5, 5.41) is 9.44. The van der Waals surface area contributed by atoms with Crippen molar-refractivity contribution in [3.05, 3.63) is 46.5 Å². The highest BCUT2D eigenvalue weighted by atomic mass is 16.6. The minimum atomic E-state index is -0.566. The van der Waals surface area contributed by atoms with Crippen LogP contribution in [0, 0.1) is 6.92 Å². The second-order valence-electron chi connectivity index (χ2n) is 5.42. The zero-order chi connectivity index (χ0) is 17.3. The van der Waals surface area contributed by atoms with E-state index in [1.54, 1.807) is 19.2 Å². The average molecular weight is 330 g/mol. The molecule has 2 aromatic rings. The number of aryl methyl sites for hydroxylation is 1. The van der Waals surface area contributed by atoms with Gasteiger partial charge in [-0.05, 0) is 36.8 Å². The van der Waals surface area contributed by atoms with Gasteiger partial charge >= 0.3 is 5.97 Å². The molecule has 0 aromatic heterocycles. The first kappa shape index (κ1) is 16.1. The van der Waals surface area contributed by atoms with Gasteiger partial charge in [-0.2, -0.15) is 0 Å². The van der Waals surface area contributed by atoms with E-state index in [2.05, 4.69) is 0 Å². The number of benzene rings is 2. The molecule has 0 unspecified atom stereocenters. The summed E-state index contributed by atoms with van der Waals surface area (Å²) in [7, 11) is 2.98. The van der Waals surface area contributed by atoms with E-state index in [1.807, 2.05) is 19.1 Å². The van der Waals surface area contributed by atoms with Crippen LogP contribution in [0.25, 0.3) is 0 Å². The first-order chi connectivity index (χ1) is 11.6. The molecule has 1 aliphatic heterocycles. The minimum Gasteiger partial charge on any atom is -0.495 e. The van der Waals surface area contributed by atoms with E-state index >= 15 is 0 Å². The molecular weight excluding hydrogens is 312 g/mol. The summed E-state index contributed by atoms with van der Waals surface area (Å²) in [5.74, 6) is 1.02. The molecule has 0 atom stereocenters. The third-order valence-corrected chi connectivity index (χ3v) is 3.85. The molecule has 1 heterocycles. The van der Waals surface area contributed by atoms with Crippen LogP contribution in [0.15, 0.2) is 24.3 Å². The lowest BCUT2D eigenvalue weighted by molar-refractivity contribution is 0.0454. The molecule has 0 fully saturated rings. The van der Waals surface area contributed by atoms with Gasteiger partial charge < -0.3 is 24.1 Å². The molecule has 0 bridgehead atoms. The van der Waals surface area contributed by atoms with E-state index in [9.17, 15) is 9.90 Å². The Kier molecular flexibility index (Phi) is 4.31. The molecule has 1 N–H and O–H groups in total. The maximum atomic E-state index is 12.5. The first-order valence-corrected chi connectivity index (χ1v) is 7.42. The number of hydrogen-bond donors (Lipinski definition) is 1. The van der Waals surface area contributed by atoms with Crippen LogP contribution in [0.5, 0.6) is 23.0 Å². The maximum Gasteiger partial charge on any atom is 0.346 e. The van der Waals surface area contributed by atoms with E-state index in [1.165, 1.54) is 7.11 Å². The largest absolute Gasteiger partial charge is 0.495 e. The molecule has 0 amide bonds. The second-order valence-corrected chi connectivity index (χ2v) is 5.42. The Hall–Kier alpha value is -2.73. The summed E-state index contributed by atoms with van der Waals surface area (Å²) in [4.78, 5) is 12.5. The fourth-order valence-corrected chi connectivity index (χ4v) is 2.76. The van der Waals surface area contributed by atoms with Gasteiger partial charge in [0.15, 0.2) is 11.5 Å². The lowest BCUT2D eigenvalue weighted by Crippen LogP contribution is -2.14. The predicted molar refractivity (Wildman–Crippen MR) is 85.8 cm³/mol. The quantitative estimate of drug-likeness (QED) is 0.872. The lowest BCUT2D eigenvalue weighted by Gasteiger charge is -2.22. The van der Waals surface area contributed by atoms with Gasteiger partial charge in [0.2, 0.25) is 0 Å². The molecule has 1 aliphatic rings. The van der Waals surface area contributed by atoms with Gasteiger partial charge in [-0.25, -0.2) is 4.79 Å². The van der Waals surface area contributed by atoms with Crippen molar-refractivity contribution in [2.24, 2.45) is 0 Å². The second kappa shape index (κ2) is 6.41. The van der Waals surface area contributed by atoms with Gasteiger partial charge in [-0.1, -0.05) is 0 Å². The van der Waals surface area contributed by atoms with Crippen LogP contribution in [0.4, 0.5) is 0 Å². The highest BCUT2D eigenvalue weighted by molar-refractivity contribution is 5.96. The number of methoxy groups -OCH3 is 2. The Morgan fingerprint density at radius 2 is 2.00 bits per heavy atom. The zero-order valence-electron chi connectivity index (χ0n) is 13.7. The van der Waals surface area contributed by atoms with E-state index in [-0.39, 0.29) is 30.3 Å².